The second-order valence-corrected chi connectivity index (χ2v) is 12.5. The Bertz CT molecular complexity index is 1470. The first-order valence-corrected chi connectivity index (χ1v) is 15.7. The number of carbonyl (C=O) groups is 2. The fraction of sp³-hybridized carbons (Fsp3) is 0.429. The lowest BCUT2D eigenvalue weighted by Gasteiger charge is -2.30. The fourth-order valence-corrected chi connectivity index (χ4v) is 7.42. The first-order valence-electron chi connectivity index (χ1n) is 15.7. The molecule has 7 nitrogen and oxygen atoms in total. The third-order valence-electron chi connectivity index (χ3n) is 9.68. The van der Waals surface area contributed by atoms with Crippen molar-refractivity contribution in [1.29, 1.82) is 0 Å². The number of hydrogen-bond acceptors (Lipinski definition) is 5. The van der Waals surface area contributed by atoms with Gasteiger partial charge in [0.15, 0.2) is 0 Å². The predicted molar refractivity (Wildman–Crippen MR) is 165 cm³/mol. The van der Waals surface area contributed by atoms with E-state index in [0.29, 0.717) is 13.0 Å². The summed E-state index contributed by atoms with van der Waals surface area (Å²) in [5, 5.41) is 17.2. The van der Waals surface area contributed by atoms with Crippen LogP contribution in [0.25, 0.3) is 0 Å². The number of amides is 2. The SMILES string of the molecule is O=C(NC1CCCc2ccccc21)C1Cc2ccc(N[C@@H]3CN[C@H](C(=O)N[C@@H]4CCCc5ccccc54)C3)cc2CN1. The van der Waals surface area contributed by atoms with E-state index in [2.05, 4.69) is 93.3 Å². The summed E-state index contributed by atoms with van der Waals surface area (Å²) in [6.45, 7) is 1.42. The molecule has 1 fully saturated rings. The van der Waals surface area contributed by atoms with E-state index in [4.69, 9.17) is 0 Å². The molecule has 42 heavy (non-hydrogen) atoms. The number of nitrogens with one attached hydrogen (secondary N) is 5. The first kappa shape index (κ1) is 27.2. The Labute approximate surface area is 248 Å². The van der Waals surface area contributed by atoms with Gasteiger partial charge in [-0.1, -0.05) is 54.6 Å². The van der Waals surface area contributed by atoms with Crippen LogP contribution < -0.4 is 26.6 Å². The monoisotopic (exact) mass is 563 g/mol. The Morgan fingerprint density at radius 2 is 1.33 bits per heavy atom. The van der Waals surface area contributed by atoms with Crippen LogP contribution in [0.3, 0.4) is 0 Å². The number of benzene rings is 3. The molecular formula is C35H41N5O2. The van der Waals surface area contributed by atoms with Crippen molar-refractivity contribution in [3.05, 3.63) is 100 Å². The lowest BCUT2D eigenvalue weighted by Crippen LogP contribution is -2.48. The summed E-state index contributed by atoms with van der Waals surface area (Å²) in [4.78, 5) is 26.4. The Balaban J connectivity index is 0.922. The Morgan fingerprint density at radius 1 is 0.690 bits per heavy atom. The summed E-state index contributed by atoms with van der Waals surface area (Å²) in [6, 6.07) is 23.4. The molecule has 2 aliphatic heterocycles. The van der Waals surface area contributed by atoms with E-state index >= 15 is 0 Å². The maximum absolute atomic E-state index is 13.2. The highest BCUT2D eigenvalue weighted by Gasteiger charge is 2.32. The molecule has 5 N–H and O–H groups in total. The number of aryl methyl sites for hydroxylation is 2. The Hall–Kier alpha value is -3.68. The van der Waals surface area contributed by atoms with Gasteiger partial charge in [-0.25, -0.2) is 0 Å². The van der Waals surface area contributed by atoms with E-state index in [1.54, 1.807) is 0 Å². The molecule has 0 aromatic heterocycles. The average molecular weight is 564 g/mol. The quantitative estimate of drug-likeness (QED) is 0.310. The van der Waals surface area contributed by atoms with Gasteiger partial charge in [0.1, 0.15) is 0 Å². The van der Waals surface area contributed by atoms with Gasteiger partial charge in [0.25, 0.3) is 0 Å². The zero-order chi connectivity index (χ0) is 28.5. The highest BCUT2D eigenvalue weighted by Crippen LogP contribution is 2.31. The molecule has 0 spiro atoms. The van der Waals surface area contributed by atoms with Gasteiger partial charge in [-0.05, 0) is 96.9 Å². The van der Waals surface area contributed by atoms with E-state index in [0.717, 1.165) is 57.2 Å². The van der Waals surface area contributed by atoms with Crippen molar-refractivity contribution in [1.82, 2.24) is 21.3 Å². The van der Waals surface area contributed by atoms with Crippen LogP contribution in [0.2, 0.25) is 0 Å². The van der Waals surface area contributed by atoms with Gasteiger partial charge < -0.3 is 26.6 Å². The van der Waals surface area contributed by atoms with Crippen LogP contribution in [0, 0.1) is 0 Å². The predicted octanol–water partition coefficient (Wildman–Crippen LogP) is 4.23. The van der Waals surface area contributed by atoms with Crippen molar-refractivity contribution in [3.63, 3.8) is 0 Å². The Morgan fingerprint density at radius 3 is 2.02 bits per heavy atom. The van der Waals surface area contributed by atoms with Crippen LogP contribution in [0.15, 0.2) is 66.7 Å². The molecule has 0 radical (unpaired) electrons. The summed E-state index contributed by atoms with van der Waals surface area (Å²) < 4.78 is 0. The lowest BCUT2D eigenvalue weighted by molar-refractivity contribution is -0.124. The van der Waals surface area contributed by atoms with Crippen LogP contribution in [-0.2, 0) is 35.4 Å². The van der Waals surface area contributed by atoms with Crippen molar-refractivity contribution >= 4 is 17.5 Å². The van der Waals surface area contributed by atoms with Crippen LogP contribution in [0.4, 0.5) is 5.69 Å². The molecular weight excluding hydrogens is 522 g/mol. The highest BCUT2D eigenvalue weighted by molar-refractivity contribution is 5.83. The molecule has 1 saturated heterocycles. The molecule has 0 saturated carbocycles. The second-order valence-electron chi connectivity index (χ2n) is 12.5. The van der Waals surface area contributed by atoms with Crippen molar-refractivity contribution < 1.29 is 9.59 Å². The topological polar surface area (TPSA) is 94.3 Å². The highest BCUT2D eigenvalue weighted by atomic mass is 16.2. The van der Waals surface area contributed by atoms with E-state index in [9.17, 15) is 9.59 Å². The van der Waals surface area contributed by atoms with Crippen LogP contribution in [-0.4, -0.2) is 36.5 Å². The minimum atomic E-state index is -0.222. The van der Waals surface area contributed by atoms with E-state index < -0.39 is 0 Å². The summed E-state index contributed by atoms with van der Waals surface area (Å²) in [7, 11) is 0. The first-order chi connectivity index (χ1) is 20.6. The molecule has 3 aromatic rings. The third-order valence-corrected chi connectivity index (χ3v) is 9.68. The normalized spacial score (nSPS) is 26.3. The molecule has 7 rings (SSSR count). The molecule has 2 heterocycles. The summed E-state index contributed by atoms with van der Waals surface area (Å²) in [5.41, 5.74) is 8.76. The maximum atomic E-state index is 13.2. The lowest BCUT2D eigenvalue weighted by atomic mass is 9.87. The van der Waals surface area contributed by atoms with Gasteiger partial charge in [0.05, 0.1) is 24.2 Å². The number of anilines is 1. The average Bonchev–Trinajstić information content (AvgIpc) is 3.50. The summed E-state index contributed by atoms with van der Waals surface area (Å²) in [5.74, 6) is 0.180. The minimum Gasteiger partial charge on any atom is -0.381 e. The molecule has 4 aliphatic rings. The van der Waals surface area contributed by atoms with Crippen molar-refractivity contribution in [2.45, 2.75) is 88.1 Å². The molecule has 7 heteroatoms. The van der Waals surface area contributed by atoms with E-state index in [1.807, 2.05) is 0 Å². The number of fused-ring (bicyclic) bond motifs is 3. The third kappa shape index (κ3) is 5.68. The van der Waals surface area contributed by atoms with Crippen molar-refractivity contribution in [2.24, 2.45) is 0 Å². The Kier molecular flexibility index (Phi) is 7.70. The van der Waals surface area contributed by atoms with Gasteiger partial charge in [-0.15, -0.1) is 0 Å². The van der Waals surface area contributed by atoms with Crippen LogP contribution in [0.1, 0.15) is 77.6 Å². The summed E-state index contributed by atoms with van der Waals surface area (Å²) in [6.07, 6.45) is 7.83. The smallest absolute Gasteiger partial charge is 0.237 e. The van der Waals surface area contributed by atoms with Crippen LogP contribution in [0.5, 0.6) is 0 Å². The minimum absolute atomic E-state index is 0.0858. The zero-order valence-electron chi connectivity index (χ0n) is 24.1. The van der Waals surface area contributed by atoms with E-state index in [-0.39, 0.29) is 42.0 Å². The number of hydrogen-bond donors (Lipinski definition) is 5. The molecule has 2 amide bonds. The molecule has 0 bridgehead atoms. The zero-order valence-corrected chi connectivity index (χ0v) is 24.1. The number of carbonyl (C=O) groups excluding carboxylic acids is 2. The van der Waals surface area contributed by atoms with Gasteiger partial charge in [0, 0.05) is 24.8 Å². The van der Waals surface area contributed by atoms with Gasteiger partial charge in [0.2, 0.25) is 11.8 Å². The molecule has 2 unspecified atom stereocenters. The van der Waals surface area contributed by atoms with Gasteiger partial charge in [-0.2, -0.15) is 0 Å². The largest absolute Gasteiger partial charge is 0.381 e. The van der Waals surface area contributed by atoms with Gasteiger partial charge in [-0.3, -0.25) is 9.59 Å². The van der Waals surface area contributed by atoms with Crippen LogP contribution >= 0.6 is 0 Å². The van der Waals surface area contributed by atoms with Crippen molar-refractivity contribution in [2.75, 3.05) is 11.9 Å². The molecule has 3 aromatic carbocycles. The molecule has 2 aliphatic carbocycles. The standard InChI is InChI=1S/C35H41N5O2/c41-34(39-30-13-5-9-22-7-1-3-11-28(22)30)32-18-24-15-16-26(17-25(24)20-36-32)38-27-19-33(37-21-27)35(42)40-31-14-6-10-23-8-2-4-12-29(23)31/h1-4,7-8,11-12,15-17,27,30-33,36-38H,5-6,9-10,13-14,18-21H2,(H,39,41)(H,40,42)/t27-,30?,31+,32?,33-/m0/s1. The second kappa shape index (κ2) is 11.9. The summed E-state index contributed by atoms with van der Waals surface area (Å²) >= 11 is 0. The molecule has 5 atom stereocenters. The van der Waals surface area contributed by atoms with E-state index in [1.165, 1.54) is 33.4 Å². The van der Waals surface area contributed by atoms with Crippen molar-refractivity contribution in [3.8, 4) is 0 Å². The maximum Gasteiger partial charge on any atom is 0.237 e. The fourth-order valence-electron chi connectivity index (χ4n) is 7.42. The number of rotatable bonds is 6. The molecule has 218 valence electrons. The van der Waals surface area contributed by atoms with Gasteiger partial charge >= 0.3 is 0 Å².